The summed E-state index contributed by atoms with van der Waals surface area (Å²) >= 11 is 0. The average molecular weight is 305 g/mol. The predicted molar refractivity (Wildman–Crippen MR) is 89.8 cm³/mol. The molecule has 3 aromatic rings. The minimum Gasteiger partial charge on any atom is -0.497 e. The second kappa shape index (κ2) is 6.70. The third kappa shape index (κ3) is 3.52. The maximum Gasteiger partial charge on any atom is 0.271 e. The number of hydrazone groups is 1. The summed E-state index contributed by atoms with van der Waals surface area (Å²) in [6.45, 7) is 0. The molecule has 0 fully saturated rings. The molecule has 2 aromatic carbocycles. The number of hydrogen-bond donors (Lipinski definition) is 1. The number of pyridine rings is 1. The Labute approximate surface area is 133 Å². The van der Waals surface area contributed by atoms with Crippen LogP contribution in [0.4, 0.5) is 0 Å². The van der Waals surface area contributed by atoms with E-state index in [4.69, 9.17) is 4.74 Å². The molecule has 0 aliphatic carbocycles. The van der Waals surface area contributed by atoms with Gasteiger partial charge in [0.05, 0.1) is 18.8 Å². The van der Waals surface area contributed by atoms with E-state index in [0.29, 0.717) is 5.56 Å². The molecule has 0 bridgehead atoms. The van der Waals surface area contributed by atoms with Crippen molar-refractivity contribution in [1.29, 1.82) is 0 Å². The Morgan fingerprint density at radius 3 is 2.78 bits per heavy atom. The number of ether oxygens (including phenoxy) is 1. The van der Waals surface area contributed by atoms with E-state index in [0.717, 1.165) is 22.2 Å². The molecular weight excluding hydrogens is 290 g/mol. The van der Waals surface area contributed by atoms with Gasteiger partial charge in [0.2, 0.25) is 0 Å². The maximum absolute atomic E-state index is 12.1. The third-order valence-electron chi connectivity index (χ3n) is 3.36. The molecule has 0 atom stereocenters. The second-order valence-corrected chi connectivity index (χ2v) is 4.88. The van der Waals surface area contributed by atoms with Gasteiger partial charge in [0.15, 0.2) is 0 Å². The lowest BCUT2D eigenvalue weighted by atomic mass is 10.1. The molecule has 0 aliphatic heterocycles. The Balaban J connectivity index is 1.68. The fraction of sp³-hybridized carbons (Fsp3) is 0.0556. The van der Waals surface area contributed by atoms with Crippen molar-refractivity contribution >= 4 is 23.0 Å². The van der Waals surface area contributed by atoms with Gasteiger partial charge in [-0.1, -0.05) is 6.07 Å². The van der Waals surface area contributed by atoms with Gasteiger partial charge < -0.3 is 4.74 Å². The third-order valence-corrected chi connectivity index (χ3v) is 3.36. The average Bonchev–Trinajstić information content (AvgIpc) is 2.61. The number of methoxy groups -OCH3 is 1. The van der Waals surface area contributed by atoms with Crippen LogP contribution in [0.3, 0.4) is 0 Å². The molecule has 0 unspecified atom stereocenters. The Morgan fingerprint density at radius 1 is 1.17 bits per heavy atom. The summed E-state index contributed by atoms with van der Waals surface area (Å²) in [6.07, 6.45) is 3.31. The first-order valence-electron chi connectivity index (χ1n) is 7.08. The summed E-state index contributed by atoms with van der Waals surface area (Å²) in [5.74, 6) is 0.511. The molecular formula is C18H15N3O2. The van der Waals surface area contributed by atoms with Crippen molar-refractivity contribution in [3.63, 3.8) is 0 Å². The summed E-state index contributed by atoms with van der Waals surface area (Å²) < 4.78 is 5.09. The molecule has 5 nitrogen and oxygen atoms in total. The number of carbonyl (C=O) groups excluding carboxylic acids is 1. The molecule has 0 radical (unpaired) electrons. The summed E-state index contributed by atoms with van der Waals surface area (Å²) in [4.78, 5) is 16.3. The normalized spacial score (nSPS) is 10.8. The first-order chi connectivity index (χ1) is 11.3. The molecule has 1 heterocycles. The van der Waals surface area contributed by atoms with Crippen LogP contribution < -0.4 is 10.2 Å². The molecule has 0 saturated heterocycles. The van der Waals surface area contributed by atoms with Crippen LogP contribution in [0, 0.1) is 0 Å². The van der Waals surface area contributed by atoms with E-state index in [2.05, 4.69) is 15.5 Å². The van der Waals surface area contributed by atoms with Crippen LogP contribution in [0.5, 0.6) is 5.75 Å². The van der Waals surface area contributed by atoms with Crippen molar-refractivity contribution in [3.8, 4) is 5.75 Å². The topological polar surface area (TPSA) is 63.6 Å². The number of fused-ring (bicyclic) bond motifs is 1. The van der Waals surface area contributed by atoms with E-state index in [9.17, 15) is 4.79 Å². The first-order valence-corrected chi connectivity index (χ1v) is 7.08. The molecule has 1 aromatic heterocycles. The highest BCUT2D eigenvalue weighted by molar-refractivity contribution is 5.98. The van der Waals surface area contributed by atoms with Crippen molar-refractivity contribution in [2.24, 2.45) is 5.10 Å². The van der Waals surface area contributed by atoms with Gasteiger partial charge in [0.25, 0.3) is 5.91 Å². The Bertz CT molecular complexity index is 858. The van der Waals surface area contributed by atoms with Crippen LogP contribution in [0.2, 0.25) is 0 Å². The van der Waals surface area contributed by atoms with Gasteiger partial charge in [-0.2, -0.15) is 5.10 Å². The first kappa shape index (κ1) is 14.7. The van der Waals surface area contributed by atoms with Crippen molar-refractivity contribution in [2.45, 2.75) is 0 Å². The quantitative estimate of drug-likeness (QED) is 0.595. The molecule has 1 N–H and O–H groups in total. The number of nitrogens with zero attached hydrogens (tertiary/aromatic N) is 2. The van der Waals surface area contributed by atoms with Crippen molar-refractivity contribution in [3.05, 3.63) is 71.9 Å². The lowest BCUT2D eigenvalue weighted by Crippen LogP contribution is -2.17. The number of benzene rings is 2. The van der Waals surface area contributed by atoms with E-state index in [-0.39, 0.29) is 5.91 Å². The molecule has 5 heteroatoms. The van der Waals surface area contributed by atoms with E-state index in [1.54, 1.807) is 31.7 Å². The van der Waals surface area contributed by atoms with Gasteiger partial charge in [0, 0.05) is 17.1 Å². The van der Waals surface area contributed by atoms with E-state index < -0.39 is 0 Å². The minimum atomic E-state index is -0.263. The van der Waals surface area contributed by atoms with E-state index in [1.165, 1.54) is 0 Å². The predicted octanol–water partition coefficient (Wildman–Crippen LogP) is 3.01. The highest BCUT2D eigenvalue weighted by atomic mass is 16.5. The Hall–Kier alpha value is -3.21. The van der Waals surface area contributed by atoms with Crippen LogP contribution >= 0.6 is 0 Å². The van der Waals surface area contributed by atoms with Crippen molar-refractivity contribution in [1.82, 2.24) is 10.4 Å². The zero-order chi connectivity index (χ0) is 16.1. The van der Waals surface area contributed by atoms with Gasteiger partial charge in [-0.3, -0.25) is 9.78 Å². The van der Waals surface area contributed by atoms with Crippen molar-refractivity contribution in [2.75, 3.05) is 7.11 Å². The van der Waals surface area contributed by atoms with Gasteiger partial charge >= 0.3 is 0 Å². The number of rotatable bonds is 4. The number of hydrogen-bond acceptors (Lipinski definition) is 4. The van der Waals surface area contributed by atoms with Crippen LogP contribution in [-0.2, 0) is 0 Å². The Kier molecular flexibility index (Phi) is 4.29. The summed E-state index contributed by atoms with van der Waals surface area (Å²) in [5.41, 5.74) is 4.78. The highest BCUT2D eigenvalue weighted by Crippen LogP contribution is 2.13. The zero-order valence-corrected chi connectivity index (χ0v) is 12.6. The van der Waals surface area contributed by atoms with Gasteiger partial charge in [-0.15, -0.1) is 0 Å². The fourth-order valence-corrected chi connectivity index (χ4v) is 2.14. The number of amides is 1. The summed E-state index contributed by atoms with van der Waals surface area (Å²) in [5, 5.41) is 4.89. The molecule has 0 saturated carbocycles. The minimum absolute atomic E-state index is 0.263. The standard InChI is InChI=1S/C18H15N3O2/c1-23-16-7-4-13(5-8-16)12-20-21-18(22)15-6-9-17-14(11-15)3-2-10-19-17/h2-12H,1H3,(H,21,22)/b20-12-. The fourth-order valence-electron chi connectivity index (χ4n) is 2.14. The molecule has 0 spiro atoms. The number of nitrogens with one attached hydrogen (secondary N) is 1. The van der Waals surface area contributed by atoms with E-state index >= 15 is 0 Å². The lowest BCUT2D eigenvalue weighted by Gasteiger charge is -2.02. The smallest absolute Gasteiger partial charge is 0.271 e. The number of aromatic nitrogens is 1. The SMILES string of the molecule is COc1ccc(/C=N\NC(=O)c2ccc3ncccc3c2)cc1. The lowest BCUT2D eigenvalue weighted by molar-refractivity contribution is 0.0955. The van der Waals surface area contributed by atoms with Gasteiger partial charge in [-0.05, 0) is 54.1 Å². The van der Waals surface area contributed by atoms with Crippen LogP contribution in [0.15, 0.2) is 65.9 Å². The highest BCUT2D eigenvalue weighted by Gasteiger charge is 2.05. The largest absolute Gasteiger partial charge is 0.497 e. The van der Waals surface area contributed by atoms with Crippen LogP contribution in [0.1, 0.15) is 15.9 Å². The monoisotopic (exact) mass is 305 g/mol. The van der Waals surface area contributed by atoms with E-state index in [1.807, 2.05) is 42.5 Å². The van der Waals surface area contributed by atoms with Gasteiger partial charge in [-0.25, -0.2) is 5.43 Å². The summed E-state index contributed by atoms with van der Waals surface area (Å²) in [7, 11) is 1.61. The summed E-state index contributed by atoms with van der Waals surface area (Å²) in [6, 6.07) is 16.5. The molecule has 0 aliphatic rings. The van der Waals surface area contributed by atoms with Crippen LogP contribution in [0.25, 0.3) is 10.9 Å². The molecule has 114 valence electrons. The zero-order valence-electron chi connectivity index (χ0n) is 12.6. The molecule has 23 heavy (non-hydrogen) atoms. The van der Waals surface area contributed by atoms with Crippen LogP contribution in [-0.4, -0.2) is 24.2 Å². The maximum atomic E-state index is 12.1. The second-order valence-electron chi connectivity index (χ2n) is 4.88. The Morgan fingerprint density at radius 2 is 2.00 bits per heavy atom. The number of carbonyl (C=O) groups is 1. The molecule has 3 rings (SSSR count). The van der Waals surface area contributed by atoms with Crippen molar-refractivity contribution < 1.29 is 9.53 Å². The molecule has 1 amide bonds. The van der Waals surface area contributed by atoms with Gasteiger partial charge in [0.1, 0.15) is 5.75 Å².